The number of aromatic carboxylic acids is 1. The lowest BCUT2D eigenvalue weighted by Crippen LogP contribution is -2.61. The molecule has 4 heterocycles. The molecule has 1 amide bonds. The summed E-state index contributed by atoms with van der Waals surface area (Å²) in [5, 5.41) is 9.62. The summed E-state index contributed by atoms with van der Waals surface area (Å²) < 4.78 is 20.2. The number of benzene rings is 1. The third kappa shape index (κ3) is 5.07. The monoisotopic (exact) mass is 621 g/mol. The van der Waals surface area contributed by atoms with Crippen LogP contribution in [0.1, 0.15) is 70.9 Å². The smallest absolute Gasteiger partial charge is 0.337 e. The Kier molecular flexibility index (Phi) is 7.57. The summed E-state index contributed by atoms with van der Waals surface area (Å²) in [6.45, 7) is 9.68. The van der Waals surface area contributed by atoms with Crippen molar-refractivity contribution in [3.63, 3.8) is 0 Å². The van der Waals surface area contributed by atoms with E-state index in [4.69, 9.17) is 21.3 Å². The molecule has 232 valence electrons. The maximum Gasteiger partial charge on any atom is 0.337 e. The van der Waals surface area contributed by atoms with Gasteiger partial charge in [-0.05, 0) is 88.9 Å². The number of hydrogen-bond donors (Lipinski definition) is 1. The van der Waals surface area contributed by atoms with E-state index in [1.807, 2.05) is 30.9 Å². The summed E-state index contributed by atoms with van der Waals surface area (Å²) in [5.41, 5.74) is 3.27. The molecule has 44 heavy (non-hydrogen) atoms. The standard InChI is InChI=1S/C33H37ClFN5O4/c1-19-14-27(36-20(2)28(19)31(42)43)38-12-13-40(32(3,4)17-38)30(41)25-8-9-26-29(37-25)33(11-10-22(16-33)44-5)18-39(26)21-6-7-23(34)24(35)15-21/h6-9,14-15,22H,10-13,16-18H2,1-5H3,(H,42,43)/t22-,33-/m0/s1. The number of methoxy groups -OCH3 is 1. The van der Waals surface area contributed by atoms with Crippen LogP contribution in [0.2, 0.25) is 5.02 Å². The Bertz CT molecular complexity index is 1640. The van der Waals surface area contributed by atoms with Gasteiger partial charge in [0, 0.05) is 44.4 Å². The maximum atomic E-state index is 14.5. The lowest BCUT2D eigenvalue weighted by molar-refractivity contribution is 0.0506. The van der Waals surface area contributed by atoms with Gasteiger partial charge in [-0.25, -0.2) is 19.2 Å². The predicted octanol–water partition coefficient (Wildman–Crippen LogP) is 5.91. The minimum atomic E-state index is -0.989. The van der Waals surface area contributed by atoms with Gasteiger partial charge < -0.3 is 24.5 Å². The summed E-state index contributed by atoms with van der Waals surface area (Å²) >= 11 is 5.98. The number of nitrogens with zero attached hydrogens (tertiary/aromatic N) is 5. The molecule has 2 aromatic heterocycles. The number of anilines is 3. The first-order valence-electron chi connectivity index (χ1n) is 14.9. The number of carboxylic acids is 1. The highest BCUT2D eigenvalue weighted by atomic mass is 35.5. The third-order valence-corrected chi connectivity index (χ3v) is 9.83. The van der Waals surface area contributed by atoms with Crippen molar-refractivity contribution >= 4 is 40.7 Å². The van der Waals surface area contributed by atoms with E-state index in [0.29, 0.717) is 54.6 Å². The Morgan fingerprint density at radius 3 is 2.50 bits per heavy atom. The second kappa shape index (κ2) is 11.0. The zero-order valence-electron chi connectivity index (χ0n) is 25.7. The van der Waals surface area contributed by atoms with Crippen LogP contribution in [0.25, 0.3) is 0 Å². The Labute approximate surface area is 261 Å². The zero-order valence-corrected chi connectivity index (χ0v) is 26.4. The first kappa shape index (κ1) is 30.3. The highest BCUT2D eigenvalue weighted by Crippen LogP contribution is 2.52. The number of pyridine rings is 2. The first-order chi connectivity index (χ1) is 20.8. The number of halogens is 2. The lowest BCUT2D eigenvalue weighted by atomic mass is 9.84. The number of hydrogen-bond acceptors (Lipinski definition) is 7. The van der Waals surface area contributed by atoms with Gasteiger partial charge in [-0.3, -0.25) is 4.79 Å². The number of aryl methyl sites for hydroxylation is 2. The molecule has 2 aliphatic heterocycles. The van der Waals surface area contributed by atoms with E-state index in [-0.39, 0.29) is 28.0 Å². The lowest BCUT2D eigenvalue weighted by Gasteiger charge is -2.47. The normalized spacial score (nSPS) is 22.5. The van der Waals surface area contributed by atoms with Crippen molar-refractivity contribution in [3.8, 4) is 0 Å². The quantitative estimate of drug-likeness (QED) is 0.375. The number of carbonyl (C=O) groups is 2. The Balaban J connectivity index is 1.29. The molecule has 1 aromatic carbocycles. The van der Waals surface area contributed by atoms with E-state index >= 15 is 0 Å². The Morgan fingerprint density at radius 1 is 1.09 bits per heavy atom. The van der Waals surface area contributed by atoms with Crippen LogP contribution >= 0.6 is 11.6 Å². The van der Waals surface area contributed by atoms with Gasteiger partial charge in [0.2, 0.25) is 0 Å². The summed E-state index contributed by atoms with van der Waals surface area (Å²) in [6.07, 6.45) is 2.59. The second-order valence-corrected chi connectivity index (χ2v) is 13.3. The van der Waals surface area contributed by atoms with Gasteiger partial charge in [0.25, 0.3) is 5.91 Å². The SMILES string of the molecule is CO[C@H]1CC[C@]2(C1)CN(c1ccc(Cl)c(F)c1)c1ccc(C(=O)N3CCN(c4cc(C)c(C(=O)O)c(C)n4)CC3(C)C)nc12. The van der Waals surface area contributed by atoms with Crippen molar-refractivity contribution in [3.05, 3.63) is 75.4 Å². The molecule has 0 radical (unpaired) electrons. The minimum Gasteiger partial charge on any atom is -0.478 e. The first-order valence-corrected chi connectivity index (χ1v) is 15.3. The molecule has 0 bridgehead atoms. The number of piperazine rings is 1. The van der Waals surface area contributed by atoms with Crippen LogP contribution in [-0.2, 0) is 10.2 Å². The van der Waals surface area contributed by atoms with Crippen molar-refractivity contribution in [2.45, 2.75) is 64.0 Å². The van der Waals surface area contributed by atoms with Crippen molar-refractivity contribution in [1.29, 1.82) is 0 Å². The number of fused-ring (bicyclic) bond motifs is 2. The number of rotatable bonds is 5. The van der Waals surface area contributed by atoms with Crippen LogP contribution in [0.4, 0.5) is 21.6 Å². The van der Waals surface area contributed by atoms with Gasteiger partial charge in [-0.1, -0.05) is 11.6 Å². The fourth-order valence-electron chi connectivity index (χ4n) is 7.32. The zero-order chi connectivity index (χ0) is 31.6. The molecule has 1 spiro atoms. The molecular formula is C33H37ClFN5O4. The number of amides is 1. The van der Waals surface area contributed by atoms with Crippen LogP contribution in [0.5, 0.6) is 0 Å². The number of aromatic nitrogens is 2. The molecule has 6 rings (SSSR count). The van der Waals surface area contributed by atoms with E-state index < -0.39 is 17.3 Å². The van der Waals surface area contributed by atoms with E-state index in [2.05, 4.69) is 14.8 Å². The third-order valence-electron chi connectivity index (χ3n) is 9.53. The molecule has 11 heteroatoms. The summed E-state index contributed by atoms with van der Waals surface area (Å²) in [7, 11) is 1.72. The van der Waals surface area contributed by atoms with E-state index in [1.165, 1.54) is 6.07 Å². The van der Waals surface area contributed by atoms with Gasteiger partial charge in [0.15, 0.2) is 0 Å². The minimum absolute atomic E-state index is 0.0725. The van der Waals surface area contributed by atoms with Gasteiger partial charge in [-0.2, -0.15) is 0 Å². The molecular weight excluding hydrogens is 585 g/mol. The fourth-order valence-corrected chi connectivity index (χ4v) is 7.44. The Hall–Kier alpha value is -3.76. The van der Waals surface area contributed by atoms with Crippen LogP contribution in [0.15, 0.2) is 36.4 Å². The van der Waals surface area contributed by atoms with E-state index in [0.717, 1.165) is 30.6 Å². The molecule has 3 aliphatic rings. The van der Waals surface area contributed by atoms with Gasteiger partial charge >= 0.3 is 5.97 Å². The van der Waals surface area contributed by atoms with Crippen LogP contribution in [0, 0.1) is 19.7 Å². The average Bonchev–Trinajstić information content (AvgIpc) is 3.54. The number of ether oxygens (including phenoxy) is 1. The van der Waals surface area contributed by atoms with Gasteiger partial charge in [0.05, 0.1) is 39.3 Å². The highest BCUT2D eigenvalue weighted by Gasteiger charge is 2.50. The van der Waals surface area contributed by atoms with Gasteiger partial charge in [-0.15, -0.1) is 0 Å². The molecule has 0 unspecified atom stereocenters. The van der Waals surface area contributed by atoms with Crippen molar-refractivity contribution in [1.82, 2.24) is 14.9 Å². The topological polar surface area (TPSA) is 99.1 Å². The van der Waals surface area contributed by atoms with Crippen molar-refractivity contribution in [2.75, 3.05) is 43.1 Å². The van der Waals surface area contributed by atoms with E-state index in [1.54, 1.807) is 39.2 Å². The summed E-state index contributed by atoms with van der Waals surface area (Å²) in [5.74, 6) is -0.911. The second-order valence-electron chi connectivity index (χ2n) is 12.9. The van der Waals surface area contributed by atoms with Crippen LogP contribution < -0.4 is 9.80 Å². The molecule has 1 N–H and O–H groups in total. The molecule has 1 saturated carbocycles. The molecule has 9 nitrogen and oxygen atoms in total. The summed E-state index contributed by atoms with van der Waals surface area (Å²) in [6, 6.07) is 10.3. The Morgan fingerprint density at radius 2 is 1.86 bits per heavy atom. The van der Waals surface area contributed by atoms with Crippen LogP contribution in [0.3, 0.4) is 0 Å². The molecule has 1 saturated heterocycles. The molecule has 1 aliphatic carbocycles. The highest BCUT2D eigenvalue weighted by molar-refractivity contribution is 6.30. The number of carbonyl (C=O) groups excluding carboxylic acids is 1. The van der Waals surface area contributed by atoms with Crippen LogP contribution in [-0.4, -0.2) is 76.8 Å². The van der Waals surface area contributed by atoms with E-state index in [9.17, 15) is 19.1 Å². The number of carboxylic acid groups (broad SMARTS) is 1. The largest absolute Gasteiger partial charge is 0.478 e. The maximum absolute atomic E-state index is 14.5. The summed E-state index contributed by atoms with van der Waals surface area (Å²) in [4.78, 5) is 41.4. The van der Waals surface area contributed by atoms with Crippen molar-refractivity contribution < 1.29 is 23.8 Å². The molecule has 2 atom stereocenters. The van der Waals surface area contributed by atoms with Gasteiger partial charge in [0.1, 0.15) is 17.3 Å². The predicted molar refractivity (Wildman–Crippen MR) is 167 cm³/mol. The molecule has 2 fully saturated rings. The average molecular weight is 622 g/mol. The molecule has 3 aromatic rings. The fraction of sp³-hybridized carbons (Fsp3) is 0.455. The van der Waals surface area contributed by atoms with Crippen molar-refractivity contribution in [2.24, 2.45) is 0 Å².